The molecule has 0 spiro atoms. The van der Waals surface area contributed by atoms with Crippen LogP contribution in [0.3, 0.4) is 0 Å². The average molecular weight is 458 g/mol. The van der Waals surface area contributed by atoms with Crippen molar-refractivity contribution in [3.05, 3.63) is 56.5 Å². The number of hydrogen-bond donors (Lipinski definition) is 2. The maximum absolute atomic E-state index is 12.2. The van der Waals surface area contributed by atoms with Gasteiger partial charge in [0.2, 0.25) is 0 Å². The van der Waals surface area contributed by atoms with Crippen LogP contribution in [0.1, 0.15) is 20.7 Å². The summed E-state index contributed by atoms with van der Waals surface area (Å²) in [6.07, 6.45) is 0. The monoisotopic (exact) mass is 456 g/mol. The summed E-state index contributed by atoms with van der Waals surface area (Å²) >= 11 is 6.61. The van der Waals surface area contributed by atoms with Crippen LogP contribution >= 0.6 is 31.9 Å². The molecule has 6 nitrogen and oxygen atoms in total. The standard InChI is InChI=1S/C16H14Br2N2O4/c1-23-12-7-9(8-13(24-2)14(12)18)15(21)19-20-16(22)10-5-3-4-6-11(10)17/h3-8H,1-2H3,(H,19,21)(H,20,22). The first-order valence-corrected chi connectivity index (χ1v) is 8.33. The van der Waals surface area contributed by atoms with Crippen LogP contribution in [0.25, 0.3) is 0 Å². The molecule has 24 heavy (non-hydrogen) atoms. The Morgan fingerprint density at radius 1 is 0.917 bits per heavy atom. The van der Waals surface area contributed by atoms with Crippen LogP contribution in [-0.4, -0.2) is 26.0 Å². The zero-order valence-electron chi connectivity index (χ0n) is 12.9. The highest BCUT2D eigenvalue weighted by Gasteiger charge is 2.16. The number of halogens is 2. The first-order chi connectivity index (χ1) is 11.5. The topological polar surface area (TPSA) is 76.7 Å². The predicted octanol–water partition coefficient (Wildman–Crippen LogP) is 3.30. The lowest BCUT2D eigenvalue weighted by Gasteiger charge is -2.12. The van der Waals surface area contributed by atoms with E-state index in [-0.39, 0.29) is 5.56 Å². The Morgan fingerprint density at radius 2 is 1.46 bits per heavy atom. The maximum atomic E-state index is 12.2. The van der Waals surface area contributed by atoms with Gasteiger partial charge in [-0.05, 0) is 56.1 Å². The van der Waals surface area contributed by atoms with Gasteiger partial charge < -0.3 is 9.47 Å². The molecule has 2 aromatic rings. The van der Waals surface area contributed by atoms with E-state index < -0.39 is 11.8 Å². The van der Waals surface area contributed by atoms with Crippen molar-refractivity contribution >= 4 is 43.7 Å². The fourth-order valence-corrected chi connectivity index (χ4v) is 2.92. The average Bonchev–Trinajstić information content (AvgIpc) is 2.59. The van der Waals surface area contributed by atoms with E-state index in [0.717, 1.165) is 0 Å². The van der Waals surface area contributed by atoms with Gasteiger partial charge >= 0.3 is 0 Å². The van der Waals surface area contributed by atoms with Crippen molar-refractivity contribution in [2.24, 2.45) is 0 Å². The van der Waals surface area contributed by atoms with Crippen molar-refractivity contribution in [3.8, 4) is 11.5 Å². The molecule has 0 saturated carbocycles. The van der Waals surface area contributed by atoms with E-state index in [9.17, 15) is 9.59 Å². The summed E-state index contributed by atoms with van der Waals surface area (Å²) in [5, 5.41) is 0. The number of methoxy groups -OCH3 is 2. The minimum Gasteiger partial charge on any atom is -0.495 e. The van der Waals surface area contributed by atoms with Gasteiger partial charge in [0.05, 0.1) is 19.8 Å². The molecule has 8 heteroatoms. The van der Waals surface area contributed by atoms with Crippen LogP contribution in [0.5, 0.6) is 11.5 Å². The van der Waals surface area contributed by atoms with Crippen molar-refractivity contribution in [3.63, 3.8) is 0 Å². The smallest absolute Gasteiger partial charge is 0.270 e. The molecule has 0 fully saturated rings. The lowest BCUT2D eigenvalue weighted by atomic mass is 10.2. The molecular weight excluding hydrogens is 444 g/mol. The Kier molecular flexibility index (Phi) is 6.22. The fourth-order valence-electron chi connectivity index (χ4n) is 1.90. The van der Waals surface area contributed by atoms with Gasteiger partial charge in [-0.3, -0.25) is 20.4 Å². The molecule has 0 radical (unpaired) electrons. The summed E-state index contributed by atoms with van der Waals surface area (Å²) in [7, 11) is 2.96. The minimum atomic E-state index is -0.500. The fraction of sp³-hybridized carbons (Fsp3) is 0.125. The molecule has 2 rings (SSSR count). The number of carbonyl (C=O) groups excluding carboxylic acids is 2. The first-order valence-electron chi connectivity index (χ1n) is 6.74. The van der Waals surface area contributed by atoms with Crippen LogP contribution in [0, 0.1) is 0 Å². The van der Waals surface area contributed by atoms with Crippen LogP contribution in [-0.2, 0) is 0 Å². The Hall–Kier alpha value is -2.06. The van der Waals surface area contributed by atoms with Gasteiger partial charge in [0.1, 0.15) is 16.0 Å². The van der Waals surface area contributed by atoms with Gasteiger partial charge in [0.15, 0.2) is 0 Å². The van der Waals surface area contributed by atoms with Crippen molar-refractivity contribution in [1.82, 2.24) is 10.9 Å². The lowest BCUT2D eigenvalue weighted by molar-refractivity contribution is 0.0846. The van der Waals surface area contributed by atoms with E-state index in [4.69, 9.17) is 9.47 Å². The maximum Gasteiger partial charge on any atom is 0.270 e. The van der Waals surface area contributed by atoms with Gasteiger partial charge in [0, 0.05) is 10.0 Å². The van der Waals surface area contributed by atoms with Gasteiger partial charge in [0.25, 0.3) is 11.8 Å². The van der Waals surface area contributed by atoms with Crippen LogP contribution in [0.2, 0.25) is 0 Å². The SMILES string of the molecule is COc1cc(C(=O)NNC(=O)c2ccccc2Br)cc(OC)c1Br. The van der Waals surface area contributed by atoms with E-state index in [1.807, 2.05) is 0 Å². The summed E-state index contributed by atoms with van der Waals surface area (Å²) in [6, 6.07) is 9.96. The largest absolute Gasteiger partial charge is 0.495 e. The highest BCUT2D eigenvalue weighted by molar-refractivity contribution is 9.11. The van der Waals surface area contributed by atoms with E-state index in [2.05, 4.69) is 42.7 Å². The third-order valence-electron chi connectivity index (χ3n) is 3.12. The molecule has 126 valence electrons. The Morgan fingerprint density at radius 3 is 2.00 bits per heavy atom. The third kappa shape index (κ3) is 4.07. The number of carbonyl (C=O) groups is 2. The number of rotatable bonds is 4. The molecule has 0 aromatic heterocycles. The molecular formula is C16H14Br2N2O4. The zero-order valence-corrected chi connectivity index (χ0v) is 16.0. The molecule has 0 aliphatic rings. The molecule has 2 aromatic carbocycles. The molecule has 0 unspecified atom stereocenters. The first kappa shape index (κ1) is 18.3. The van der Waals surface area contributed by atoms with Crippen LogP contribution < -0.4 is 20.3 Å². The van der Waals surface area contributed by atoms with Crippen molar-refractivity contribution < 1.29 is 19.1 Å². The van der Waals surface area contributed by atoms with E-state index in [1.54, 1.807) is 24.3 Å². The van der Waals surface area contributed by atoms with Crippen molar-refractivity contribution in [1.29, 1.82) is 0 Å². The molecule has 2 amide bonds. The quantitative estimate of drug-likeness (QED) is 0.690. The second kappa shape index (κ2) is 8.16. The van der Waals surface area contributed by atoms with Crippen LogP contribution in [0.4, 0.5) is 0 Å². The molecule has 0 bridgehead atoms. The van der Waals surface area contributed by atoms with Crippen LogP contribution in [0.15, 0.2) is 45.3 Å². The molecule has 0 saturated heterocycles. The highest BCUT2D eigenvalue weighted by atomic mass is 79.9. The normalized spacial score (nSPS) is 10.0. The number of amides is 2. The molecule has 0 aliphatic heterocycles. The summed E-state index contributed by atoms with van der Waals surface area (Å²) in [6.45, 7) is 0. The summed E-state index contributed by atoms with van der Waals surface area (Å²) in [5.74, 6) is -0.0559. The summed E-state index contributed by atoms with van der Waals surface area (Å²) in [4.78, 5) is 24.3. The van der Waals surface area contributed by atoms with Gasteiger partial charge in [-0.25, -0.2) is 0 Å². The van der Waals surface area contributed by atoms with E-state index in [1.165, 1.54) is 26.4 Å². The third-order valence-corrected chi connectivity index (χ3v) is 4.59. The second-order valence-corrected chi connectivity index (χ2v) is 6.23. The van der Waals surface area contributed by atoms with Crippen molar-refractivity contribution in [2.75, 3.05) is 14.2 Å². The zero-order chi connectivity index (χ0) is 17.7. The minimum absolute atomic E-state index is 0.277. The summed E-state index contributed by atoms with van der Waals surface area (Å²) in [5.41, 5.74) is 5.41. The predicted molar refractivity (Wildman–Crippen MR) is 96.3 cm³/mol. The van der Waals surface area contributed by atoms with E-state index in [0.29, 0.717) is 26.0 Å². The molecule has 2 N–H and O–H groups in total. The number of benzene rings is 2. The molecule has 0 heterocycles. The Labute approximate surface area is 155 Å². The van der Waals surface area contributed by atoms with Gasteiger partial charge in [-0.15, -0.1) is 0 Å². The van der Waals surface area contributed by atoms with Gasteiger partial charge in [-0.1, -0.05) is 12.1 Å². The van der Waals surface area contributed by atoms with E-state index >= 15 is 0 Å². The number of hydrazine groups is 1. The Bertz CT molecular complexity index is 755. The number of hydrogen-bond acceptors (Lipinski definition) is 4. The molecule has 0 atom stereocenters. The Balaban J connectivity index is 2.13. The highest BCUT2D eigenvalue weighted by Crippen LogP contribution is 2.35. The number of nitrogens with one attached hydrogen (secondary N) is 2. The van der Waals surface area contributed by atoms with Crippen molar-refractivity contribution in [2.45, 2.75) is 0 Å². The van der Waals surface area contributed by atoms with Gasteiger partial charge in [-0.2, -0.15) is 0 Å². The second-order valence-electron chi connectivity index (χ2n) is 4.58. The summed E-state index contributed by atoms with van der Waals surface area (Å²) < 4.78 is 11.6. The molecule has 0 aliphatic carbocycles. The number of ether oxygens (including phenoxy) is 2. The lowest BCUT2D eigenvalue weighted by Crippen LogP contribution is -2.41.